The smallest absolute Gasteiger partial charge is 0.271 e. The van der Waals surface area contributed by atoms with Gasteiger partial charge in [-0.15, -0.1) is 0 Å². The highest BCUT2D eigenvalue weighted by molar-refractivity contribution is 5.96. The summed E-state index contributed by atoms with van der Waals surface area (Å²) >= 11 is 0. The third kappa shape index (κ3) is 6.12. The number of carbonyl (C=O) groups excluding carboxylic acids is 1. The van der Waals surface area contributed by atoms with Gasteiger partial charge in [0.05, 0.1) is 18.0 Å². The summed E-state index contributed by atoms with van der Waals surface area (Å²) in [5, 5.41) is 6.77. The molecule has 0 aliphatic carbocycles. The van der Waals surface area contributed by atoms with Crippen molar-refractivity contribution in [2.75, 3.05) is 68.6 Å². The maximum atomic E-state index is 12.2. The zero-order chi connectivity index (χ0) is 24.8. The Hall–Kier alpha value is -3.11. The summed E-state index contributed by atoms with van der Waals surface area (Å²) in [6, 6.07) is 6.23. The van der Waals surface area contributed by atoms with Crippen LogP contribution in [-0.4, -0.2) is 79.9 Å². The zero-order valence-electron chi connectivity index (χ0n) is 21.0. The molecule has 2 saturated heterocycles. The topological polar surface area (TPSA) is 118 Å². The number of primary amides is 1. The Labute approximate surface area is 207 Å². The maximum Gasteiger partial charge on any atom is 0.271 e. The first-order chi connectivity index (χ1) is 17.0. The van der Waals surface area contributed by atoms with Gasteiger partial charge in [0, 0.05) is 57.2 Å². The van der Waals surface area contributed by atoms with Crippen LogP contribution in [0.25, 0.3) is 0 Å². The summed E-state index contributed by atoms with van der Waals surface area (Å²) in [4.78, 5) is 26.2. The van der Waals surface area contributed by atoms with E-state index in [0.717, 1.165) is 75.1 Å². The van der Waals surface area contributed by atoms with Crippen LogP contribution < -0.4 is 26.0 Å². The van der Waals surface area contributed by atoms with Crippen molar-refractivity contribution in [1.29, 1.82) is 0 Å². The number of ether oxygens (including phenoxy) is 2. The van der Waals surface area contributed by atoms with E-state index >= 15 is 0 Å². The van der Waals surface area contributed by atoms with E-state index in [9.17, 15) is 4.79 Å². The number of aromatic nitrogens is 2. The number of hydrogen-bond donors (Lipinski definition) is 3. The number of aryl methyl sites for hydroxylation is 1. The Bertz CT molecular complexity index is 1020. The van der Waals surface area contributed by atoms with Crippen LogP contribution in [-0.2, 0) is 11.2 Å². The number of nitrogens with zero attached hydrogens (tertiary/aromatic N) is 4. The van der Waals surface area contributed by atoms with E-state index in [1.165, 1.54) is 0 Å². The fourth-order valence-corrected chi connectivity index (χ4v) is 4.43. The van der Waals surface area contributed by atoms with Crippen molar-refractivity contribution in [2.45, 2.75) is 39.2 Å². The van der Waals surface area contributed by atoms with E-state index in [-0.39, 0.29) is 11.7 Å². The number of anilines is 4. The highest BCUT2D eigenvalue weighted by atomic mass is 16.5. The molecule has 3 heterocycles. The molecule has 0 unspecified atom stereocenters. The van der Waals surface area contributed by atoms with Gasteiger partial charge < -0.3 is 35.6 Å². The Kier molecular flexibility index (Phi) is 8.25. The van der Waals surface area contributed by atoms with E-state index in [0.29, 0.717) is 24.7 Å². The SMILES string of the molecule is CCOc1cc(Nc2nc(NC3CCOCC3)c(CC)nc2C(N)=O)ccc1N1CCN(C)CC1. The fraction of sp³-hybridized carbons (Fsp3) is 0.560. The molecule has 4 N–H and O–H groups in total. The maximum absolute atomic E-state index is 12.2. The molecule has 1 amide bonds. The lowest BCUT2D eigenvalue weighted by Gasteiger charge is -2.35. The number of benzene rings is 1. The third-order valence-electron chi connectivity index (χ3n) is 6.46. The number of hydrogen-bond acceptors (Lipinski definition) is 9. The van der Waals surface area contributed by atoms with E-state index in [4.69, 9.17) is 20.2 Å². The Morgan fingerprint density at radius 3 is 2.54 bits per heavy atom. The Morgan fingerprint density at radius 1 is 1.14 bits per heavy atom. The molecule has 0 bridgehead atoms. The van der Waals surface area contributed by atoms with E-state index in [1.807, 2.05) is 26.0 Å². The number of amides is 1. The Balaban J connectivity index is 1.62. The van der Waals surface area contributed by atoms with Crippen LogP contribution in [0.4, 0.5) is 23.0 Å². The van der Waals surface area contributed by atoms with Crippen molar-refractivity contribution in [2.24, 2.45) is 5.73 Å². The van der Waals surface area contributed by atoms with Crippen LogP contribution in [0.5, 0.6) is 5.75 Å². The molecule has 2 aliphatic heterocycles. The molecule has 0 saturated carbocycles. The van der Waals surface area contributed by atoms with Crippen LogP contribution in [0.2, 0.25) is 0 Å². The molecule has 0 radical (unpaired) electrons. The lowest BCUT2D eigenvalue weighted by Crippen LogP contribution is -2.44. The monoisotopic (exact) mass is 483 g/mol. The van der Waals surface area contributed by atoms with Gasteiger partial charge in [-0.2, -0.15) is 0 Å². The molecule has 2 fully saturated rings. The Morgan fingerprint density at radius 2 is 1.89 bits per heavy atom. The number of rotatable bonds is 9. The lowest BCUT2D eigenvalue weighted by atomic mass is 10.1. The van der Waals surface area contributed by atoms with Crippen LogP contribution >= 0.6 is 0 Å². The summed E-state index contributed by atoms with van der Waals surface area (Å²) < 4.78 is 11.5. The molecule has 10 nitrogen and oxygen atoms in total. The van der Waals surface area contributed by atoms with Crippen molar-refractivity contribution in [1.82, 2.24) is 14.9 Å². The minimum Gasteiger partial charge on any atom is -0.492 e. The lowest BCUT2D eigenvalue weighted by molar-refractivity contribution is 0.0903. The summed E-state index contributed by atoms with van der Waals surface area (Å²) in [5.74, 6) is 1.18. The molecular formula is C25H37N7O3. The van der Waals surface area contributed by atoms with Crippen LogP contribution in [0.1, 0.15) is 42.9 Å². The molecule has 35 heavy (non-hydrogen) atoms. The van der Waals surface area contributed by atoms with Gasteiger partial charge in [-0.3, -0.25) is 4.79 Å². The first kappa shape index (κ1) is 25.0. The van der Waals surface area contributed by atoms with Gasteiger partial charge in [-0.1, -0.05) is 6.92 Å². The van der Waals surface area contributed by atoms with Crippen molar-refractivity contribution < 1.29 is 14.3 Å². The van der Waals surface area contributed by atoms with Crippen molar-refractivity contribution >= 4 is 28.9 Å². The van der Waals surface area contributed by atoms with Gasteiger partial charge in [0.25, 0.3) is 5.91 Å². The second-order valence-corrected chi connectivity index (χ2v) is 9.00. The second-order valence-electron chi connectivity index (χ2n) is 9.00. The van der Waals surface area contributed by atoms with Gasteiger partial charge >= 0.3 is 0 Å². The number of nitrogens with one attached hydrogen (secondary N) is 2. The second kappa shape index (κ2) is 11.5. The number of nitrogens with two attached hydrogens (primary N) is 1. The van der Waals surface area contributed by atoms with E-state index < -0.39 is 5.91 Å². The largest absolute Gasteiger partial charge is 0.492 e. The molecule has 1 aromatic heterocycles. The molecular weight excluding hydrogens is 446 g/mol. The molecule has 0 atom stereocenters. The first-order valence-electron chi connectivity index (χ1n) is 12.5. The molecule has 4 rings (SSSR count). The number of likely N-dealkylation sites (N-methyl/N-ethyl adjacent to an activating group) is 1. The van der Waals surface area contributed by atoms with Crippen LogP contribution in [0.15, 0.2) is 18.2 Å². The van der Waals surface area contributed by atoms with Gasteiger partial charge in [-0.25, -0.2) is 9.97 Å². The summed E-state index contributed by atoms with van der Waals surface area (Å²) in [7, 11) is 2.14. The van der Waals surface area contributed by atoms with Crippen molar-refractivity contribution in [3.63, 3.8) is 0 Å². The molecule has 10 heteroatoms. The minimum atomic E-state index is -0.619. The highest BCUT2D eigenvalue weighted by Crippen LogP contribution is 2.34. The first-order valence-corrected chi connectivity index (χ1v) is 12.5. The minimum absolute atomic E-state index is 0.125. The fourth-order valence-electron chi connectivity index (χ4n) is 4.43. The van der Waals surface area contributed by atoms with Gasteiger partial charge in [0.15, 0.2) is 17.3 Å². The zero-order valence-corrected chi connectivity index (χ0v) is 21.0. The standard InChI is InChI=1S/C25H37N7O3/c1-4-19-24(27-17-8-14-34-15-9-17)30-25(22(29-19)23(26)33)28-18-6-7-20(21(16-18)35-5-2)32-12-10-31(3)11-13-32/h6-7,16-17H,4-5,8-15H2,1-3H3,(H2,26,33)(H2,27,28,30). The summed E-state index contributed by atoms with van der Waals surface area (Å²) in [6.45, 7) is 9.87. The molecule has 2 aromatic rings. The van der Waals surface area contributed by atoms with Crippen LogP contribution in [0, 0.1) is 0 Å². The van der Waals surface area contributed by atoms with Crippen molar-refractivity contribution in [3.05, 3.63) is 29.6 Å². The van der Waals surface area contributed by atoms with Gasteiger partial charge in [0.1, 0.15) is 5.75 Å². The predicted octanol–water partition coefficient (Wildman–Crippen LogP) is 2.62. The normalized spacial score (nSPS) is 17.3. The van der Waals surface area contributed by atoms with Crippen LogP contribution in [0.3, 0.4) is 0 Å². The summed E-state index contributed by atoms with van der Waals surface area (Å²) in [6.07, 6.45) is 2.43. The third-order valence-corrected chi connectivity index (χ3v) is 6.46. The van der Waals surface area contributed by atoms with E-state index in [1.54, 1.807) is 0 Å². The quantitative estimate of drug-likeness (QED) is 0.495. The average Bonchev–Trinajstić information content (AvgIpc) is 2.86. The number of piperazine rings is 1. The highest BCUT2D eigenvalue weighted by Gasteiger charge is 2.22. The number of carbonyl (C=O) groups is 1. The van der Waals surface area contributed by atoms with Gasteiger partial charge in [0.2, 0.25) is 0 Å². The molecule has 190 valence electrons. The summed E-state index contributed by atoms with van der Waals surface area (Å²) in [5.41, 5.74) is 8.35. The molecule has 2 aliphatic rings. The van der Waals surface area contributed by atoms with Crippen molar-refractivity contribution in [3.8, 4) is 5.75 Å². The predicted molar refractivity (Wildman–Crippen MR) is 138 cm³/mol. The average molecular weight is 484 g/mol. The molecule has 0 spiro atoms. The van der Waals surface area contributed by atoms with E-state index in [2.05, 4.69) is 38.5 Å². The molecule has 1 aromatic carbocycles. The van der Waals surface area contributed by atoms with Gasteiger partial charge in [-0.05, 0) is 45.4 Å².